The van der Waals surface area contributed by atoms with Gasteiger partial charge in [-0.1, -0.05) is 13.8 Å². The zero-order valence-electron chi connectivity index (χ0n) is 17.1. The molecule has 8 heteroatoms. The zero-order chi connectivity index (χ0) is 21.7. The highest BCUT2D eigenvalue weighted by atomic mass is 16.5. The third-order valence-corrected chi connectivity index (χ3v) is 4.77. The van der Waals surface area contributed by atoms with Crippen LogP contribution in [0, 0.1) is 0 Å². The van der Waals surface area contributed by atoms with E-state index >= 15 is 0 Å². The molecular formula is C22H24N2O6. The topological polar surface area (TPSA) is 97.1 Å². The summed E-state index contributed by atoms with van der Waals surface area (Å²) < 4.78 is 10.3. The Labute approximate surface area is 174 Å². The molecule has 0 atom stereocenters. The third-order valence-electron chi connectivity index (χ3n) is 4.77. The van der Waals surface area contributed by atoms with Crippen molar-refractivity contribution < 1.29 is 28.3 Å². The number of nitrogens with zero attached hydrogens (tertiary/aromatic N) is 2. The lowest BCUT2D eigenvalue weighted by Gasteiger charge is -2.21. The van der Waals surface area contributed by atoms with Gasteiger partial charge >= 0.3 is 5.97 Å². The number of carbonyl (C=O) groups excluding carboxylic acids is 4. The van der Waals surface area contributed by atoms with Gasteiger partial charge in [0.1, 0.15) is 5.76 Å². The minimum absolute atomic E-state index is 0.0122. The molecule has 0 radical (unpaired) electrons. The molecule has 0 spiro atoms. The van der Waals surface area contributed by atoms with E-state index in [9.17, 15) is 19.2 Å². The van der Waals surface area contributed by atoms with E-state index in [1.54, 1.807) is 17.0 Å². The van der Waals surface area contributed by atoms with Gasteiger partial charge in [-0.25, -0.2) is 4.79 Å². The number of benzene rings is 1. The summed E-state index contributed by atoms with van der Waals surface area (Å²) in [4.78, 5) is 52.6. The van der Waals surface area contributed by atoms with Crippen molar-refractivity contribution in [3.05, 3.63) is 59.0 Å². The van der Waals surface area contributed by atoms with Gasteiger partial charge in [0, 0.05) is 13.1 Å². The fraction of sp³-hybridized carbons (Fsp3) is 0.364. The van der Waals surface area contributed by atoms with Crippen molar-refractivity contribution >= 4 is 23.7 Å². The van der Waals surface area contributed by atoms with Crippen LogP contribution in [0.5, 0.6) is 0 Å². The summed E-state index contributed by atoms with van der Waals surface area (Å²) in [6.07, 6.45) is 3.09. The summed E-state index contributed by atoms with van der Waals surface area (Å²) in [7, 11) is 0. The van der Waals surface area contributed by atoms with Crippen LogP contribution in [0.2, 0.25) is 0 Å². The molecule has 0 unspecified atom stereocenters. The first-order valence-corrected chi connectivity index (χ1v) is 9.93. The highest BCUT2D eigenvalue weighted by molar-refractivity contribution is 6.21. The van der Waals surface area contributed by atoms with Crippen LogP contribution in [-0.2, 0) is 16.1 Å². The number of amides is 3. The van der Waals surface area contributed by atoms with E-state index < -0.39 is 17.8 Å². The Balaban J connectivity index is 1.67. The molecule has 30 heavy (non-hydrogen) atoms. The average Bonchev–Trinajstić information content (AvgIpc) is 3.34. The number of carbonyl (C=O) groups is 4. The molecule has 2 heterocycles. The summed E-state index contributed by atoms with van der Waals surface area (Å²) in [6, 6.07) is 7.52. The molecule has 1 aliphatic rings. The maximum atomic E-state index is 12.7. The smallest absolute Gasteiger partial charge is 0.338 e. The maximum Gasteiger partial charge on any atom is 0.338 e. The number of furan rings is 1. The van der Waals surface area contributed by atoms with Crippen LogP contribution in [0.15, 0.2) is 41.0 Å². The predicted octanol–water partition coefficient (Wildman–Crippen LogP) is 2.88. The standard InChI is InChI=1S/C22H24N2O6/c1-3-9-23(10-4-2)19(25)14-30-22(28)15-7-8-17-18(12-15)21(27)24(20(17)26)13-16-6-5-11-29-16/h5-8,11-12H,3-4,9-10,13-14H2,1-2H3. The Bertz CT molecular complexity index is 945. The van der Waals surface area contributed by atoms with E-state index in [1.165, 1.54) is 24.5 Å². The fourth-order valence-corrected chi connectivity index (χ4v) is 3.32. The summed E-state index contributed by atoms with van der Waals surface area (Å²) in [6.45, 7) is 4.79. The van der Waals surface area contributed by atoms with Crippen molar-refractivity contribution in [3.63, 3.8) is 0 Å². The van der Waals surface area contributed by atoms with Crippen LogP contribution in [0.25, 0.3) is 0 Å². The number of hydrogen-bond acceptors (Lipinski definition) is 6. The van der Waals surface area contributed by atoms with Gasteiger partial charge in [0.25, 0.3) is 17.7 Å². The molecule has 1 aromatic carbocycles. The van der Waals surface area contributed by atoms with Gasteiger partial charge in [-0.2, -0.15) is 0 Å². The molecule has 0 saturated heterocycles. The second-order valence-corrected chi connectivity index (χ2v) is 6.99. The minimum Gasteiger partial charge on any atom is -0.467 e. The van der Waals surface area contributed by atoms with Crippen molar-refractivity contribution in [1.29, 1.82) is 0 Å². The van der Waals surface area contributed by atoms with Gasteiger partial charge in [-0.3, -0.25) is 19.3 Å². The number of fused-ring (bicyclic) bond motifs is 1. The normalized spacial score (nSPS) is 12.8. The van der Waals surface area contributed by atoms with Crippen molar-refractivity contribution in [3.8, 4) is 0 Å². The van der Waals surface area contributed by atoms with Crippen LogP contribution in [0.4, 0.5) is 0 Å². The molecule has 158 valence electrons. The van der Waals surface area contributed by atoms with Crippen LogP contribution >= 0.6 is 0 Å². The first-order chi connectivity index (χ1) is 14.5. The van der Waals surface area contributed by atoms with E-state index in [0.717, 1.165) is 17.7 Å². The molecule has 3 rings (SSSR count). The van der Waals surface area contributed by atoms with Crippen molar-refractivity contribution in [2.75, 3.05) is 19.7 Å². The number of hydrogen-bond donors (Lipinski definition) is 0. The summed E-state index contributed by atoms with van der Waals surface area (Å²) in [5.41, 5.74) is 0.460. The largest absolute Gasteiger partial charge is 0.467 e. The highest BCUT2D eigenvalue weighted by Crippen LogP contribution is 2.26. The molecule has 0 aliphatic carbocycles. The minimum atomic E-state index is -0.719. The molecular weight excluding hydrogens is 388 g/mol. The number of ether oxygens (including phenoxy) is 1. The van der Waals surface area contributed by atoms with E-state index in [0.29, 0.717) is 18.8 Å². The lowest BCUT2D eigenvalue weighted by atomic mass is 10.1. The quantitative estimate of drug-likeness (QED) is 0.464. The van der Waals surface area contributed by atoms with Crippen molar-refractivity contribution in [2.24, 2.45) is 0 Å². The molecule has 0 saturated carbocycles. The van der Waals surface area contributed by atoms with Crippen molar-refractivity contribution in [1.82, 2.24) is 9.80 Å². The first kappa shape index (κ1) is 21.3. The van der Waals surface area contributed by atoms with E-state index in [2.05, 4.69) is 0 Å². The van der Waals surface area contributed by atoms with E-state index in [-0.39, 0.29) is 35.7 Å². The lowest BCUT2D eigenvalue weighted by Crippen LogP contribution is -2.35. The molecule has 8 nitrogen and oxygen atoms in total. The van der Waals surface area contributed by atoms with Gasteiger partial charge in [0.05, 0.1) is 29.5 Å². The fourth-order valence-electron chi connectivity index (χ4n) is 3.32. The van der Waals surface area contributed by atoms with Crippen molar-refractivity contribution in [2.45, 2.75) is 33.2 Å². The molecule has 0 N–H and O–H groups in total. The summed E-state index contributed by atoms with van der Waals surface area (Å²) in [5.74, 6) is -1.45. The van der Waals surface area contributed by atoms with Gasteiger partial charge in [0.15, 0.2) is 6.61 Å². The summed E-state index contributed by atoms with van der Waals surface area (Å²) >= 11 is 0. The Kier molecular flexibility index (Phi) is 6.66. The van der Waals surface area contributed by atoms with Gasteiger partial charge in [-0.05, 0) is 43.2 Å². The van der Waals surface area contributed by atoms with Crippen LogP contribution in [0.3, 0.4) is 0 Å². The zero-order valence-corrected chi connectivity index (χ0v) is 17.1. The molecule has 0 bridgehead atoms. The van der Waals surface area contributed by atoms with Gasteiger partial charge in [-0.15, -0.1) is 0 Å². The molecule has 1 aliphatic heterocycles. The Hall–Kier alpha value is -3.42. The predicted molar refractivity (Wildman–Crippen MR) is 107 cm³/mol. The van der Waals surface area contributed by atoms with Gasteiger partial charge in [0.2, 0.25) is 0 Å². The Morgan fingerprint density at radius 3 is 2.37 bits per heavy atom. The monoisotopic (exact) mass is 412 g/mol. The Morgan fingerprint density at radius 1 is 1.03 bits per heavy atom. The third kappa shape index (κ3) is 4.42. The number of rotatable bonds is 9. The molecule has 3 amide bonds. The summed E-state index contributed by atoms with van der Waals surface area (Å²) in [5, 5.41) is 0. The second kappa shape index (κ2) is 9.39. The lowest BCUT2D eigenvalue weighted by molar-refractivity contribution is -0.134. The van der Waals surface area contributed by atoms with Crippen LogP contribution in [0.1, 0.15) is 63.5 Å². The SMILES string of the molecule is CCCN(CCC)C(=O)COC(=O)c1ccc2c(c1)C(=O)N(Cc1ccco1)C2=O. The Morgan fingerprint density at radius 2 is 1.73 bits per heavy atom. The highest BCUT2D eigenvalue weighted by Gasteiger charge is 2.36. The van der Waals surface area contributed by atoms with E-state index in [1.807, 2.05) is 13.8 Å². The van der Waals surface area contributed by atoms with Crippen LogP contribution < -0.4 is 0 Å². The number of imide groups is 1. The average molecular weight is 412 g/mol. The molecule has 0 fully saturated rings. The molecule has 2 aromatic rings. The van der Waals surface area contributed by atoms with E-state index in [4.69, 9.17) is 9.15 Å². The van der Waals surface area contributed by atoms with Gasteiger partial charge < -0.3 is 14.1 Å². The second-order valence-electron chi connectivity index (χ2n) is 6.99. The molecule has 1 aromatic heterocycles. The van der Waals surface area contributed by atoms with Crippen LogP contribution in [-0.4, -0.2) is 53.2 Å². The number of esters is 1. The maximum absolute atomic E-state index is 12.7. The first-order valence-electron chi connectivity index (χ1n) is 9.93.